The van der Waals surface area contributed by atoms with Gasteiger partial charge in [0.2, 0.25) is 0 Å². The number of carbonyl (C=O) groups excluding carboxylic acids is 1. The van der Waals surface area contributed by atoms with Gasteiger partial charge in [-0.25, -0.2) is 13.8 Å². The number of ether oxygens (including phenoxy) is 1. The molecule has 1 amide bonds. The molecule has 34 heavy (non-hydrogen) atoms. The molecule has 2 atom stereocenters. The van der Waals surface area contributed by atoms with E-state index in [1.54, 1.807) is 31.3 Å². The quantitative estimate of drug-likeness (QED) is 0.598. The molecule has 1 aromatic heterocycles. The van der Waals surface area contributed by atoms with Gasteiger partial charge in [0.25, 0.3) is 5.91 Å². The Kier molecular flexibility index (Phi) is 5.09. The number of aliphatic imine (C=N–C) groups is 1. The molecule has 3 heterocycles. The standard InChI is InChI=1S/C25H21ClF2N4O2/c1-24(11-14-3-5-17(27)6-4-14)13-25(22(33)32(2)23(29)31-25)19-10-20(30-12-21(19)34-24)15-7-16(26)9-18(28)8-15/h3-10,12H,11,13H2,1-2H3,(H2,29,31). The first-order valence-electron chi connectivity index (χ1n) is 10.6. The molecule has 2 aliphatic rings. The summed E-state index contributed by atoms with van der Waals surface area (Å²) >= 11 is 6.03. The fourth-order valence-electron chi connectivity index (χ4n) is 4.77. The summed E-state index contributed by atoms with van der Waals surface area (Å²) in [6.45, 7) is 1.87. The van der Waals surface area contributed by atoms with Crippen LogP contribution in [0.5, 0.6) is 5.75 Å². The van der Waals surface area contributed by atoms with E-state index in [4.69, 9.17) is 22.1 Å². The molecule has 2 unspecified atom stereocenters. The largest absolute Gasteiger partial charge is 0.485 e. The molecule has 9 heteroatoms. The van der Waals surface area contributed by atoms with Crippen LogP contribution >= 0.6 is 11.6 Å². The van der Waals surface area contributed by atoms with Crippen molar-refractivity contribution in [3.8, 4) is 17.0 Å². The summed E-state index contributed by atoms with van der Waals surface area (Å²) in [5, 5.41) is 0.228. The van der Waals surface area contributed by atoms with E-state index in [1.807, 2.05) is 6.92 Å². The number of fused-ring (bicyclic) bond motifs is 2. The zero-order chi connectivity index (χ0) is 24.3. The van der Waals surface area contributed by atoms with E-state index in [0.717, 1.165) is 5.56 Å². The Morgan fingerprint density at radius 2 is 1.88 bits per heavy atom. The maximum atomic E-state index is 14.0. The van der Waals surface area contributed by atoms with Crippen LogP contribution in [-0.4, -0.2) is 34.4 Å². The van der Waals surface area contributed by atoms with E-state index in [9.17, 15) is 13.6 Å². The van der Waals surface area contributed by atoms with Gasteiger partial charge < -0.3 is 10.5 Å². The van der Waals surface area contributed by atoms with E-state index in [2.05, 4.69) is 9.98 Å². The number of nitrogens with two attached hydrogens (primary N) is 1. The van der Waals surface area contributed by atoms with Crippen LogP contribution in [0.2, 0.25) is 5.02 Å². The molecule has 0 bridgehead atoms. The number of amides is 1. The molecule has 2 N–H and O–H groups in total. The van der Waals surface area contributed by atoms with Gasteiger partial charge in [0.15, 0.2) is 11.5 Å². The number of benzene rings is 2. The smallest absolute Gasteiger partial charge is 0.261 e. The van der Waals surface area contributed by atoms with Gasteiger partial charge in [0, 0.05) is 36.0 Å². The number of likely N-dealkylation sites (N-methyl/N-ethyl adjacent to an activating group) is 1. The molecule has 0 saturated heterocycles. The van der Waals surface area contributed by atoms with Gasteiger partial charge in [-0.15, -0.1) is 0 Å². The lowest BCUT2D eigenvalue weighted by Crippen LogP contribution is -2.51. The molecule has 1 spiro atoms. The first kappa shape index (κ1) is 22.3. The molecular weight excluding hydrogens is 462 g/mol. The molecule has 0 fully saturated rings. The van der Waals surface area contributed by atoms with E-state index in [1.165, 1.54) is 35.4 Å². The lowest BCUT2D eigenvalue weighted by Gasteiger charge is -2.43. The summed E-state index contributed by atoms with van der Waals surface area (Å²) in [4.78, 5) is 23.9. The van der Waals surface area contributed by atoms with Crippen LogP contribution in [0, 0.1) is 11.6 Å². The zero-order valence-corrected chi connectivity index (χ0v) is 19.2. The second-order valence-corrected chi connectivity index (χ2v) is 9.39. The molecule has 5 rings (SSSR count). The summed E-state index contributed by atoms with van der Waals surface area (Å²) in [6, 6.07) is 11.9. The van der Waals surface area contributed by atoms with Crippen LogP contribution in [0.15, 0.2) is 59.7 Å². The first-order chi connectivity index (χ1) is 16.1. The molecule has 0 radical (unpaired) electrons. The Labute approximate surface area is 200 Å². The van der Waals surface area contributed by atoms with Gasteiger partial charge in [-0.3, -0.25) is 14.7 Å². The van der Waals surface area contributed by atoms with Crippen LogP contribution in [0.3, 0.4) is 0 Å². The van der Waals surface area contributed by atoms with Crippen molar-refractivity contribution in [1.82, 2.24) is 9.88 Å². The second-order valence-electron chi connectivity index (χ2n) is 8.95. The Hall–Kier alpha value is -3.52. The van der Waals surface area contributed by atoms with Crippen molar-refractivity contribution >= 4 is 23.5 Å². The molecule has 174 valence electrons. The summed E-state index contributed by atoms with van der Waals surface area (Å²) in [5.41, 5.74) is 6.08. The van der Waals surface area contributed by atoms with Gasteiger partial charge >= 0.3 is 0 Å². The van der Waals surface area contributed by atoms with Crippen LogP contribution in [0.1, 0.15) is 24.5 Å². The summed E-state index contributed by atoms with van der Waals surface area (Å²) in [6.07, 6.45) is 2.11. The van der Waals surface area contributed by atoms with Crippen LogP contribution < -0.4 is 10.5 Å². The minimum Gasteiger partial charge on any atom is -0.485 e. The molecule has 0 aliphatic carbocycles. The topological polar surface area (TPSA) is 80.8 Å². The Bertz CT molecular complexity index is 1330. The molecule has 3 aromatic rings. The maximum absolute atomic E-state index is 14.0. The highest BCUT2D eigenvalue weighted by Crippen LogP contribution is 2.50. The molecule has 6 nitrogen and oxygen atoms in total. The monoisotopic (exact) mass is 482 g/mol. The number of pyridine rings is 1. The fraction of sp³-hybridized carbons (Fsp3) is 0.240. The maximum Gasteiger partial charge on any atom is 0.261 e. The molecule has 2 aromatic carbocycles. The van der Waals surface area contributed by atoms with Crippen molar-refractivity contribution in [2.75, 3.05) is 7.05 Å². The highest BCUT2D eigenvalue weighted by molar-refractivity contribution is 6.30. The highest BCUT2D eigenvalue weighted by atomic mass is 35.5. The lowest BCUT2D eigenvalue weighted by molar-refractivity contribution is -0.133. The van der Waals surface area contributed by atoms with Crippen molar-refractivity contribution in [3.05, 3.63) is 82.5 Å². The van der Waals surface area contributed by atoms with E-state index in [0.29, 0.717) is 29.0 Å². The minimum atomic E-state index is -1.34. The van der Waals surface area contributed by atoms with Crippen molar-refractivity contribution in [2.24, 2.45) is 10.7 Å². The van der Waals surface area contributed by atoms with Crippen molar-refractivity contribution in [1.29, 1.82) is 0 Å². The summed E-state index contributed by atoms with van der Waals surface area (Å²) in [7, 11) is 1.57. The van der Waals surface area contributed by atoms with Crippen molar-refractivity contribution in [2.45, 2.75) is 30.9 Å². The average molecular weight is 483 g/mol. The predicted octanol–water partition coefficient (Wildman–Crippen LogP) is 4.45. The van der Waals surface area contributed by atoms with Crippen LogP contribution in [0.25, 0.3) is 11.3 Å². The van der Waals surface area contributed by atoms with Gasteiger partial charge in [0.1, 0.15) is 23.0 Å². The zero-order valence-electron chi connectivity index (χ0n) is 18.5. The van der Waals surface area contributed by atoms with Gasteiger partial charge in [-0.2, -0.15) is 0 Å². The molecular formula is C25H21ClF2N4O2. The van der Waals surface area contributed by atoms with E-state index in [-0.39, 0.29) is 29.1 Å². The highest BCUT2D eigenvalue weighted by Gasteiger charge is 2.57. The number of guanidine groups is 1. The number of hydrogen-bond acceptors (Lipinski definition) is 5. The number of hydrogen-bond donors (Lipinski definition) is 1. The summed E-state index contributed by atoms with van der Waals surface area (Å²) in [5.74, 6) is -0.663. The SMILES string of the molecule is CN1C(=O)C2(CC(C)(Cc3ccc(F)cc3)Oc3cnc(-c4cc(F)cc(Cl)c4)cc32)N=C1N. The van der Waals surface area contributed by atoms with Gasteiger partial charge in [0.05, 0.1) is 11.9 Å². The Balaban J connectivity index is 1.64. The van der Waals surface area contributed by atoms with Gasteiger partial charge in [-0.05, 0) is 48.9 Å². The van der Waals surface area contributed by atoms with E-state index < -0.39 is 17.0 Å². The number of nitrogens with zero attached hydrogens (tertiary/aromatic N) is 3. The Morgan fingerprint density at radius 1 is 1.15 bits per heavy atom. The summed E-state index contributed by atoms with van der Waals surface area (Å²) < 4.78 is 33.8. The third kappa shape index (κ3) is 3.68. The van der Waals surface area contributed by atoms with Crippen LogP contribution in [-0.2, 0) is 16.8 Å². The fourth-order valence-corrected chi connectivity index (χ4v) is 4.99. The van der Waals surface area contributed by atoms with E-state index >= 15 is 0 Å². The van der Waals surface area contributed by atoms with Gasteiger partial charge in [-0.1, -0.05) is 23.7 Å². The van der Waals surface area contributed by atoms with Crippen molar-refractivity contribution < 1.29 is 18.3 Å². The third-order valence-corrected chi connectivity index (χ3v) is 6.47. The number of carbonyl (C=O) groups is 1. The molecule has 2 aliphatic heterocycles. The Morgan fingerprint density at radius 3 is 2.53 bits per heavy atom. The first-order valence-corrected chi connectivity index (χ1v) is 11.0. The molecule has 0 saturated carbocycles. The average Bonchev–Trinajstić information content (AvgIpc) is 2.98. The lowest BCUT2D eigenvalue weighted by atomic mass is 9.75. The number of halogens is 3. The minimum absolute atomic E-state index is 0.0918. The van der Waals surface area contributed by atoms with Crippen LogP contribution in [0.4, 0.5) is 8.78 Å². The predicted molar refractivity (Wildman–Crippen MR) is 124 cm³/mol. The van der Waals surface area contributed by atoms with Crippen molar-refractivity contribution in [3.63, 3.8) is 0 Å². The third-order valence-electron chi connectivity index (χ3n) is 6.26. The number of aromatic nitrogens is 1. The number of rotatable bonds is 3. The second kappa shape index (κ2) is 7.77. The normalized spacial score (nSPS) is 23.6.